The van der Waals surface area contributed by atoms with Crippen LogP contribution in [-0.2, 0) is 19.6 Å². The van der Waals surface area contributed by atoms with Gasteiger partial charge in [-0.15, -0.1) is 0 Å². The van der Waals surface area contributed by atoms with Crippen LogP contribution in [0.3, 0.4) is 0 Å². The minimum atomic E-state index is -3.88. The first-order chi connectivity index (χ1) is 8.88. The molecule has 0 spiro atoms. The molecule has 19 heavy (non-hydrogen) atoms. The molecule has 0 radical (unpaired) electrons. The molecule has 2 N–H and O–H groups in total. The van der Waals surface area contributed by atoms with Crippen LogP contribution in [0.15, 0.2) is 23.2 Å². The van der Waals surface area contributed by atoms with Gasteiger partial charge in [-0.3, -0.25) is 14.9 Å². The van der Waals surface area contributed by atoms with Gasteiger partial charge in [0.15, 0.2) is 0 Å². The highest BCUT2D eigenvalue weighted by Crippen LogP contribution is 2.14. The van der Waals surface area contributed by atoms with Crippen LogP contribution in [0.4, 0.5) is 0 Å². The number of carbonyl (C=O) groups is 2. The lowest BCUT2D eigenvalue weighted by atomic mass is 10.1. The van der Waals surface area contributed by atoms with E-state index in [1.165, 1.54) is 18.3 Å². The molecule has 1 fully saturated rings. The van der Waals surface area contributed by atoms with Gasteiger partial charge in [-0.05, 0) is 18.6 Å². The third-order valence-corrected chi connectivity index (χ3v) is 4.22. The zero-order valence-electron chi connectivity index (χ0n) is 9.59. The Balaban J connectivity index is 2.18. The number of imide groups is 1. The topological polar surface area (TPSA) is 105 Å². The average Bonchev–Trinajstić information content (AvgIpc) is 2.33. The highest BCUT2D eigenvalue weighted by Gasteiger charge is 2.30. The van der Waals surface area contributed by atoms with Crippen molar-refractivity contribution < 1.29 is 18.0 Å². The maximum absolute atomic E-state index is 12.0. The number of aromatic nitrogens is 1. The molecule has 1 aliphatic heterocycles. The van der Waals surface area contributed by atoms with Crippen molar-refractivity contribution in [1.82, 2.24) is 15.0 Å². The van der Waals surface area contributed by atoms with Crippen LogP contribution in [-0.4, -0.2) is 31.3 Å². The Bertz CT molecular complexity index is 631. The predicted molar refractivity (Wildman–Crippen MR) is 65.7 cm³/mol. The van der Waals surface area contributed by atoms with Crippen LogP contribution < -0.4 is 10.0 Å². The van der Waals surface area contributed by atoms with Gasteiger partial charge >= 0.3 is 0 Å². The van der Waals surface area contributed by atoms with Gasteiger partial charge in [0.05, 0.1) is 4.90 Å². The number of halogens is 1. The summed E-state index contributed by atoms with van der Waals surface area (Å²) in [7, 11) is -3.88. The summed E-state index contributed by atoms with van der Waals surface area (Å²) < 4.78 is 26.3. The molecule has 0 aromatic carbocycles. The van der Waals surface area contributed by atoms with Crippen LogP contribution in [0.25, 0.3) is 0 Å². The number of piperidine rings is 1. The number of pyridine rings is 1. The highest BCUT2D eigenvalue weighted by atomic mass is 35.5. The molecule has 0 aliphatic carbocycles. The SMILES string of the molecule is O=C1CCC(NS(=O)(=O)c2ccnc(Cl)c2)C(=O)N1. The molecule has 7 nitrogen and oxygen atoms in total. The first-order valence-electron chi connectivity index (χ1n) is 5.36. The number of nitrogens with zero attached hydrogens (tertiary/aromatic N) is 1. The van der Waals surface area contributed by atoms with Crippen molar-refractivity contribution in [2.24, 2.45) is 0 Å². The van der Waals surface area contributed by atoms with E-state index in [0.29, 0.717) is 0 Å². The Kier molecular flexibility index (Phi) is 3.83. The van der Waals surface area contributed by atoms with E-state index in [9.17, 15) is 18.0 Å². The summed E-state index contributed by atoms with van der Waals surface area (Å²) in [6.07, 6.45) is 1.47. The fourth-order valence-corrected chi connectivity index (χ4v) is 3.09. The van der Waals surface area contributed by atoms with Gasteiger partial charge in [-0.25, -0.2) is 13.4 Å². The van der Waals surface area contributed by atoms with Gasteiger partial charge in [-0.2, -0.15) is 4.72 Å². The van der Waals surface area contributed by atoms with E-state index >= 15 is 0 Å². The normalized spacial score (nSPS) is 20.2. The number of nitrogens with one attached hydrogen (secondary N) is 2. The summed E-state index contributed by atoms with van der Waals surface area (Å²) in [6, 6.07) is 1.48. The fraction of sp³-hybridized carbons (Fsp3) is 0.300. The van der Waals surface area contributed by atoms with Gasteiger partial charge in [0.1, 0.15) is 11.2 Å². The van der Waals surface area contributed by atoms with Crippen molar-refractivity contribution in [3.63, 3.8) is 0 Å². The van der Waals surface area contributed by atoms with Crippen molar-refractivity contribution >= 4 is 33.4 Å². The van der Waals surface area contributed by atoms with E-state index in [1.807, 2.05) is 0 Å². The third-order valence-electron chi connectivity index (χ3n) is 2.54. The van der Waals surface area contributed by atoms with Crippen molar-refractivity contribution in [2.75, 3.05) is 0 Å². The average molecular weight is 304 g/mol. The van der Waals surface area contributed by atoms with E-state index in [-0.39, 0.29) is 22.9 Å². The van der Waals surface area contributed by atoms with Crippen molar-refractivity contribution in [1.29, 1.82) is 0 Å². The largest absolute Gasteiger partial charge is 0.295 e. The molecule has 1 unspecified atom stereocenters. The fourth-order valence-electron chi connectivity index (χ4n) is 1.61. The van der Waals surface area contributed by atoms with Crippen LogP contribution in [0.5, 0.6) is 0 Å². The molecular weight excluding hydrogens is 294 g/mol. The Morgan fingerprint density at radius 2 is 2.16 bits per heavy atom. The Hall–Kier alpha value is -1.51. The zero-order valence-corrected chi connectivity index (χ0v) is 11.2. The van der Waals surface area contributed by atoms with E-state index in [1.54, 1.807) is 0 Å². The molecule has 102 valence electrons. The van der Waals surface area contributed by atoms with E-state index in [4.69, 9.17) is 11.6 Å². The van der Waals surface area contributed by atoms with Crippen molar-refractivity contribution in [3.05, 3.63) is 23.5 Å². The van der Waals surface area contributed by atoms with Gasteiger partial charge in [0, 0.05) is 12.6 Å². The summed E-state index contributed by atoms with van der Waals surface area (Å²) >= 11 is 5.61. The number of sulfonamides is 1. The second-order valence-electron chi connectivity index (χ2n) is 3.94. The summed E-state index contributed by atoms with van der Waals surface area (Å²) in [5, 5.41) is 2.11. The van der Waals surface area contributed by atoms with E-state index in [0.717, 1.165) is 0 Å². The second-order valence-corrected chi connectivity index (χ2v) is 6.04. The summed E-state index contributed by atoms with van der Waals surface area (Å²) in [6.45, 7) is 0. The van der Waals surface area contributed by atoms with Gasteiger partial charge in [0.25, 0.3) is 0 Å². The minimum absolute atomic E-state index is 0.0335. The molecule has 1 atom stereocenters. The lowest BCUT2D eigenvalue weighted by molar-refractivity contribution is -0.134. The van der Waals surface area contributed by atoms with Gasteiger partial charge < -0.3 is 0 Å². The molecule has 2 amide bonds. The summed E-state index contributed by atoms with van der Waals surface area (Å²) in [5.74, 6) is -1.06. The molecular formula is C10H10ClN3O4S. The number of hydrogen-bond donors (Lipinski definition) is 2. The summed E-state index contributed by atoms with van der Waals surface area (Å²) in [5.41, 5.74) is 0. The van der Waals surface area contributed by atoms with Crippen LogP contribution in [0, 0.1) is 0 Å². The molecule has 1 aliphatic rings. The minimum Gasteiger partial charge on any atom is -0.295 e. The lowest BCUT2D eigenvalue weighted by Gasteiger charge is -2.21. The molecule has 0 bridgehead atoms. The van der Waals surface area contributed by atoms with Gasteiger partial charge in [-0.1, -0.05) is 11.6 Å². The summed E-state index contributed by atoms with van der Waals surface area (Å²) in [4.78, 5) is 26.0. The highest BCUT2D eigenvalue weighted by molar-refractivity contribution is 7.89. The molecule has 9 heteroatoms. The Morgan fingerprint density at radius 1 is 1.42 bits per heavy atom. The number of hydrogen-bond acceptors (Lipinski definition) is 5. The van der Waals surface area contributed by atoms with E-state index in [2.05, 4.69) is 15.0 Å². The molecule has 1 aromatic heterocycles. The molecule has 0 saturated carbocycles. The van der Waals surface area contributed by atoms with Crippen LogP contribution >= 0.6 is 11.6 Å². The van der Waals surface area contributed by atoms with Crippen LogP contribution in [0.1, 0.15) is 12.8 Å². The third kappa shape index (κ3) is 3.28. The smallest absolute Gasteiger partial charge is 0.244 e. The van der Waals surface area contributed by atoms with Crippen molar-refractivity contribution in [2.45, 2.75) is 23.8 Å². The monoisotopic (exact) mass is 303 g/mol. The second kappa shape index (κ2) is 5.24. The Morgan fingerprint density at radius 3 is 2.79 bits per heavy atom. The maximum atomic E-state index is 12.0. The first kappa shape index (κ1) is 13.9. The first-order valence-corrected chi connectivity index (χ1v) is 7.22. The molecule has 2 heterocycles. The Labute approximate surface area is 114 Å². The molecule has 2 rings (SSSR count). The number of carbonyl (C=O) groups excluding carboxylic acids is 2. The molecule has 1 saturated heterocycles. The lowest BCUT2D eigenvalue weighted by Crippen LogP contribution is -2.52. The van der Waals surface area contributed by atoms with Gasteiger partial charge in [0.2, 0.25) is 21.8 Å². The standard InChI is InChI=1S/C10H10ClN3O4S/c11-8-5-6(3-4-12-8)19(17,18)14-7-1-2-9(15)13-10(7)16/h3-5,7,14H,1-2H2,(H,13,15,16). The molecule has 1 aromatic rings. The van der Waals surface area contributed by atoms with Crippen molar-refractivity contribution in [3.8, 4) is 0 Å². The predicted octanol–water partition coefficient (Wildman–Crippen LogP) is -0.182. The number of amides is 2. The van der Waals surface area contributed by atoms with Crippen LogP contribution in [0.2, 0.25) is 5.15 Å². The number of rotatable bonds is 3. The van der Waals surface area contributed by atoms with E-state index < -0.39 is 27.9 Å². The zero-order chi connectivity index (χ0) is 14.0. The quantitative estimate of drug-likeness (QED) is 0.595. The maximum Gasteiger partial charge on any atom is 0.244 e.